The quantitative estimate of drug-likeness (QED) is 0.726. The Morgan fingerprint density at radius 2 is 1.90 bits per heavy atom. The van der Waals surface area contributed by atoms with E-state index in [0.717, 1.165) is 15.4 Å². The van der Waals surface area contributed by atoms with Crippen molar-refractivity contribution in [1.29, 1.82) is 0 Å². The summed E-state index contributed by atoms with van der Waals surface area (Å²) in [7, 11) is 0. The van der Waals surface area contributed by atoms with Crippen LogP contribution in [0.3, 0.4) is 0 Å². The van der Waals surface area contributed by atoms with Gasteiger partial charge in [0, 0.05) is 8.95 Å². The minimum absolute atomic E-state index is 0.839. The first-order valence-electron chi connectivity index (χ1n) is 2.97. The molecule has 1 radical (unpaired) electrons. The van der Waals surface area contributed by atoms with Crippen molar-refractivity contribution in [2.45, 2.75) is 6.42 Å². The summed E-state index contributed by atoms with van der Waals surface area (Å²) < 4.78 is 2.18. The monoisotopic (exact) mass is 261 g/mol. The van der Waals surface area contributed by atoms with Crippen LogP contribution in [0.25, 0.3) is 0 Å². The summed E-state index contributed by atoms with van der Waals surface area (Å²) in [5, 5.41) is 0. The molecule has 0 amide bonds. The molecular weight excluding hydrogens is 256 g/mol. The van der Waals surface area contributed by atoms with Gasteiger partial charge in [-0.15, -0.1) is 0 Å². The highest BCUT2D eigenvalue weighted by Gasteiger charge is 1.95. The molecule has 0 atom stereocenters. The molecule has 0 aliphatic rings. The third kappa shape index (κ3) is 1.83. The van der Waals surface area contributed by atoms with Crippen molar-refractivity contribution < 1.29 is 0 Å². The summed E-state index contributed by atoms with van der Waals surface area (Å²) in [5.41, 5.74) is 1.25. The van der Waals surface area contributed by atoms with Gasteiger partial charge in [0.25, 0.3) is 0 Å². The molecule has 0 aromatic heterocycles. The SMILES string of the molecule is [CH2]Cc1ccc(Br)c(Br)c1. The summed E-state index contributed by atoms with van der Waals surface area (Å²) in [6, 6.07) is 6.14. The lowest BCUT2D eigenvalue weighted by Crippen LogP contribution is -1.79. The van der Waals surface area contributed by atoms with Crippen molar-refractivity contribution in [1.82, 2.24) is 0 Å². The predicted molar refractivity (Wildman–Crippen MR) is 50.9 cm³/mol. The van der Waals surface area contributed by atoms with E-state index in [1.54, 1.807) is 0 Å². The van der Waals surface area contributed by atoms with Crippen molar-refractivity contribution >= 4 is 31.9 Å². The van der Waals surface area contributed by atoms with Crippen LogP contribution in [0.4, 0.5) is 0 Å². The largest absolute Gasteiger partial charge is 0.0578 e. The van der Waals surface area contributed by atoms with E-state index in [0.29, 0.717) is 0 Å². The minimum Gasteiger partial charge on any atom is -0.0578 e. The Labute approximate surface area is 77.9 Å². The first-order chi connectivity index (χ1) is 4.74. The minimum atomic E-state index is 0.839. The van der Waals surface area contributed by atoms with E-state index >= 15 is 0 Å². The zero-order valence-corrected chi connectivity index (χ0v) is 8.57. The molecule has 0 aliphatic carbocycles. The fraction of sp³-hybridized carbons (Fsp3) is 0.125. The van der Waals surface area contributed by atoms with E-state index in [1.165, 1.54) is 5.56 Å². The second kappa shape index (κ2) is 3.54. The first-order valence-corrected chi connectivity index (χ1v) is 4.56. The van der Waals surface area contributed by atoms with Gasteiger partial charge in [0.15, 0.2) is 0 Å². The Bertz CT molecular complexity index is 231. The summed E-state index contributed by atoms with van der Waals surface area (Å²) in [6.45, 7) is 3.79. The first kappa shape index (κ1) is 8.28. The fourth-order valence-electron chi connectivity index (χ4n) is 0.695. The van der Waals surface area contributed by atoms with Crippen molar-refractivity contribution in [3.8, 4) is 0 Å². The Morgan fingerprint density at radius 3 is 2.40 bits per heavy atom. The molecule has 53 valence electrons. The standard InChI is InChI=1S/C8H7Br2/c1-2-6-3-4-7(9)8(10)5-6/h3-5H,1-2H2. The lowest BCUT2D eigenvalue weighted by molar-refractivity contribution is 1.26. The molecule has 2 heteroatoms. The summed E-state index contributed by atoms with van der Waals surface area (Å²) in [5.74, 6) is 0. The Kier molecular flexibility index (Phi) is 2.93. The van der Waals surface area contributed by atoms with Crippen molar-refractivity contribution in [2.24, 2.45) is 0 Å². The molecule has 0 nitrogen and oxygen atoms in total. The lowest BCUT2D eigenvalue weighted by atomic mass is 10.2. The van der Waals surface area contributed by atoms with Crippen LogP contribution in [-0.4, -0.2) is 0 Å². The molecule has 1 aromatic carbocycles. The van der Waals surface area contributed by atoms with E-state index in [4.69, 9.17) is 0 Å². The number of hydrogen-bond acceptors (Lipinski definition) is 0. The van der Waals surface area contributed by atoms with Gasteiger partial charge < -0.3 is 0 Å². The van der Waals surface area contributed by atoms with Crippen LogP contribution in [0.2, 0.25) is 0 Å². The van der Waals surface area contributed by atoms with Gasteiger partial charge in [-0.1, -0.05) is 6.07 Å². The van der Waals surface area contributed by atoms with Crippen LogP contribution in [0.5, 0.6) is 0 Å². The zero-order valence-electron chi connectivity index (χ0n) is 5.40. The van der Waals surface area contributed by atoms with Gasteiger partial charge in [0.05, 0.1) is 0 Å². The Hall–Kier alpha value is 0.180. The maximum Gasteiger partial charge on any atom is 0.0320 e. The molecule has 0 saturated carbocycles. The molecule has 0 saturated heterocycles. The molecule has 0 spiro atoms. The highest BCUT2D eigenvalue weighted by Crippen LogP contribution is 2.23. The normalized spacial score (nSPS) is 9.90. The molecule has 1 rings (SSSR count). The fourth-order valence-corrected chi connectivity index (χ4v) is 1.37. The molecule has 0 fully saturated rings. The highest BCUT2D eigenvalue weighted by molar-refractivity contribution is 9.13. The van der Waals surface area contributed by atoms with E-state index in [2.05, 4.69) is 50.9 Å². The summed E-state index contributed by atoms with van der Waals surface area (Å²) in [6.07, 6.45) is 0.839. The molecule has 0 aliphatic heterocycles. The van der Waals surface area contributed by atoms with E-state index in [-0.39, 0.29) is 0 Å². The molecular formula is C8H7Br2. The molecule has 10 heavy (non-hydrogen) atoms. The van der Waals surface area contributed by atoms with Crippen LogP contribution in [-0.2, 0) is 6.42 Å². The molecule has 0 N–H and O–H groups in total. The predicted octanol–water partition coefficient (Wildman–Crippen LogP) is 3.59. The summed E-state index contributed by atoms with van der Waals surface area (Å²) in [4.78, 5) is 0. The Balaban J connectivity index is 3.04. The third-order valence-electron chi connectivity index (χ3n) is 1.27. The number of halogens is 2. The van der Waals surface area contributed by atoms with Gasteiger partial charge in [0.1, 0.15) is 0 Å². The van der Waals surface area contributed by atoms with Gasteiger partial charge in [0.2, 0.25) is 0 Å². The topological polar surface area (TPSA) is 0 Å². The van der Waals surface area contributed by atoms with Crippen LogP contribution in [0.15, 0.2) is 27.1 Å². The second-order valence-electron chi connectivity index (χ2n) is 2.00. The molecule has 0 bridgehead atoms. The molecule has 0 unspecified atom stereocenters. The van der Waals surface area contributed by atoms with Crippen molar-refractivity contribution in [3.05, 3.63) is 39.6 Å². The summed E-state index contributed by atoms with van der Waals surface area (Å²) >= 11 is 6.80. The van der Waals surface area contributed by atoms with Gasteiger partial charge in [-0.05, 0) is 62.9 Å². The van der Waals surface area contributed by atoms with E-state index in [1.807, 2.05) is 6.07 Å². The maximum absolute atomic E-state index is 3.79. The van der Waals surface area contributed by atoms with Crippen LogP contribution in [0, 0.1) is 6.92 Å². The molecule has 1 aromatic rings. The smallest absolute Gasteiger partial charge is 0.0320 e. The maximum atomic E-state index is 3.79. The van der Waals surface area contributed by atoms with Gasteiger partial charge in [-0.2, -0.15) is 0 Å². The number of hydrogen-bond donors (Lipinski definition) is 0. The van der Waals surface area contributed by atoms with E-state index in [9.17, 15) is 0 Å². The Morgan fingerprint density at radius 1 is 1.20 bits per heavy atom. The van der Waals surface area contributed by atoms with Crippen LogP contribution < -0.4 is 0 Å². The van der Waals surface area contributed by atoms with Crippen molar-refractivity contribution in [2.75, 3.05) is 0 Å². The average molecular weight is 263 g/mol. The average Bonchev–Trinajstić information content (AvgIpc) is 1.95. The van der Waals surface area contributed by atoms with Crippen LogP contribution >= 0.6 is 31.9 Å². The zero-order chi connectivity index (χ0) is 7.56. The second-order valence-corrected chi connectivity index (χ2v) is 3.71. The number of benzene rings is 1. The molecule has 0 heterocycles. The van der Waals surface area contributed by atoms with Crippen molar-refractivity contribution in [3.63, 3.8) is 0 Å². The van der Waals surface area contributed by atoms with Gasteiger partial charge in [-0.3, -0.25) is 0 Å². The third-order valence-corrected chi connectivity index (χ3v) is 3.15. The number of rotatable bonds is 1. The lowest BCUT2D eigenvalue weighted by Gasteiger charge is -1.98. The highest BCUT2D eigenvalue weighted by atomic mass is 79.9. The van der Waals surface area contributed by atoms with E-state index < -0.39 is 0 Å². The van der Waals surface area contributed by atoms with Gasteiger partial charge in [-0.25, -0.2) is 0 Å². The van der Waals surface area contributed by atoms with Crippen LogP contribution in [0.1, 0.15) is 5.56 Å². The van der Waals surface area contributed by atoms with Gasteiger partial charge >= 0.3 is 0 Å².